The standard InChI is InChI=1S/C14H18N2O3.ClH/c1-3-18-11-6-4-5-10-7-12(19-14(10)11)9(2)16-13(17)8-15;/h4-7,9H,3,8,15H2,1-2H3,(H,16,17);1H. The Hall–Kier alpha value is -1.72. The van der Waals surface area contributed by atoms with Crippen LogP contribution in [0.25, 0.3) is 11.0 Å². The lowest BCUT2D eigenvalue weighted by Gasteiger charge is -2.09. The quantitative estimate of drug-likeness (QED) is 0.888. The van der Waals surface area contributed by atoms with E-state index in [2.05, 4.69) is 5.32 Å². The monoisotopic (exact) mass is 298 g/mol. The molecule has 110 valence electrons. The van der Waals surface area contributed by atoms with Gasteiger partial charge in [0.2, 0.25) is 5.91 Å². The van der Waals surface area contributed by atoms with Gasteiger partial charge < -0.3 is 20.2 Å². The Morgan fingerprint density at radius 2 is 2.25 bits per heavy atom. The van der Waals surface area contributed by atoms with E-state index < -0.39 is 0 Å². The van der Waals surface area contributed by atoms with Crippen molar-refractivity contribution in [3.63, 3.8) is 0 Å². The van der Waals surface area contributed by atoms with Gasteiger partial charge in [-0.3, -0.25) is 4.79 Å². The summed E-state index contributed by atoms with van der Waals surface area (Å²) in [4.78, 5) is 11.3. The summed E-state index contributed by atoms with van der Waals surface area (Å²) < 4.78 is 11.3. The average Bonchev–Trinajstić information content (AvgIpc) is 2.84. The first-order valence-electron chi connectivity index (χ1n) is 6.30. The molecule has 5 nitrogen and oxygen atoms in total. The van der Waals surface area contributed by atoms with E-state index in [1.165, 1.54) is 0 Å². The van der Waals surface area contributed by atoms with Gasteiger partial charge >= 0.3 is 0 Å². The number of hydrogen-bond donors (Lipinski definition) is 2. The molecule has 1 heterocycles. The minimum atomic E-state index is -0.224. The lowest BCUT2D eigenvalue weighted by atomic mass is 10.2. The second-order valence-electron chi connectivity index (χ2n) is 4.25. The fourth-order valence-corrected chi connectivity index (χ4v) is 1.91. The summed E-state index contributed by atoms with van der Waals surface area (Å²) >= 11 is 0. The zero-order chi connectivity index (χ0) is 13.8. The van der Waals surface area contributed by atoms with Crippen LogP contribution >= 0.6 is 12.4 Å². The van der Waals surface area contributed by atoms with Crippen molar-refractivity contribution >= 4 is 29.3 Å². The molecule has 0 aliphatic heterocycles. The molecule has 1 amide bonds. The third-order valence-corrected chi connectivity index (χ3v) is 2.82. The van der Waals surface area contributed by atoms with Crippen LogP contribution < -0.4 is 15.8 Å². The number of hydrogen-bond acceptors (Lipinski definition) is 4. The number of nitrogens with two attached hydrogens (primary N) is 1. The number of amides is 1. The van der Waals surface area contributed by atoms with Crippen LogP contribution in [-0.4, -0.2) is 19.1 Å². The number of ether oxygens (including phenoxy) is 1. The highest BCUT2D eigenvalue weighted by Gasteiger charge is 2.15. The molecule has 1 unspecified atom stereocenters. The molecule has 0 fully saturated rings. The van der Waals surface area contributed by atoms with Crippen LogP contribution in [-0.2, 0) is 4.79 Å². The fourth-order valence-electron chi connectivity index (χ4n) is 1.91. The first-order valence-corrected chi connectivity index (χ1v) is 6.30. The maximum atomic E-state index is 11.3. The van der Waals surface area contributed by atoms with Crippen LogP contribution in [0, 0.1) is 0 Å². The second-order valence-corrected chi connectivity index (χ2v) is 4.25. The smallest absolute Gasteiger partial charge is 0.234 e. The van der Waals surface area contributed by atoms with Gasteiger partial charge in [0.1, 0.15) is 5.76 Å². The normalized spacial score (nSPS) is 11.8. The second kappa shape index (κ2) is 7.17. The maximum Gasteiger partial charge on any atom is 0.234 e. The molecule has 0 aliphatic rings. The summed E-state index contributed by atoms with van der Waals surface area (Å²) in [5.74, 6) is 1.19. The molecule has 0 radical (unpaired) electrons. The number of para-hydroxylation sites is 1. The van der Waals surface area contributed by atoms with E-state index in [4.69, 9.17) is 14.9 Å². The molecule has 0 saturated heterocycles. The van der Waals surface area contributed by atoms with Crippen molar-refractivity contribution in [3.05, 3.63) is 30.0 Å². The summed E-state index contributed by atoms with van der Waals surface area (Å²) in [6.45, 7) is 4.32. The van der Waals surface area contributed by atoms with Crippen molar-refractivity contribution in [2.45, 2.75) is 19.9 Å². The Bertz CT molecular complexity index is 583. The van der Waals surface area contributed by atoms with Crippen LogP contribution in [0.4, 0.5) is 0 Å². The van der Waals surface area contributed by atoms with E-state index in [1.807, 2.05) is 38.1 Å². The number of carbonyl (C=O) groups excluding carboxylic acids is 1. The lowest BCUT2D eigenvalue weighted by Crippen LogP contribution is -2.32. The van der Waals surface area contributed by atoms with Gasteiger partial charge in [-0.05, 0) is 26.0 Å². The van der Waals surface area contributed by atoms with Crippen molar-refractivity contribution in [1.29, 1.82) is 0 Å². The van der Waals surface area contributed by atoms with E-state index in [1.54, 1.807) is 0 Å². The zero-order valence-corrected chi connectivity index (χ0v) is 12.3. The zero-order valence-electron chi connectivity index (χ0n) is 11.5. The third kappa shape index (κ3) is 3.43. The first-order chi connectivity index (χ1) is 9.15. The number of fused-ring (bicyclic) bond motifs is 1. The van der Waals surface area contributed by atoms with Crippen LogP contribution in [0.1, 0.15) is 25.6 Å². The third-order valence-electron chi connectivity index (χ3n) is 2.82. The van der Waals surface area contributed by atoms with Crippen LogP contribution in [0.5, 0.6) is 5.75 Å². The van der Waals surface area contributed by atoms with Crippen molar-refractivity contribution in [2.24, 2.45) is 5.73 Å². The molecule has 1 atom stereocenters. The number of benzene rings is 1. The molecule has 0 bridgehead atoms. The number of furan rings is 1. The highest BCUT2D eigenvalue weighted by atomic mass is 35.5. The van der Waals surface area contributed by atoms with E-state index >= 15 is 0 Å². The van der Waals surface area contributed by atoms with Gasteiger partial charge in [0.05, 0.1) is 19.2 Å². The molecule has 3 N–H and O–H groups in total. The number of halogens is 1. The molecule has 2 rings (SSSR count). The lowest BCUT2D eigenvalue weighted by molar-refractivity contribution is -0.120. The summed E-state index contributed by atoms with van der Waals surface area (Å²) in [5.41, 5.74) is 5.98. The summed E-state index contributed by atoms with van der Waals surface area (Å²) in [5, 5.41) is 3.71. The Morgan fingerprint density at radius 3 is 2.90 bits per heavy atom. The molecule has 6 heteroatoms. The minimum Gasteiger partial charge on any atom is -0.490 e. The van der Waals surface area contributed by atoms with Crippen molar-refractivity contribution in [2.75, 3.05) is 13.2 Å². The molecule has 0 aliphatic carbocycles. The molecule has 1 aromatic carbocycles. The first kappa shape index (κ1) is 16.3. The Morgan fingerprint density at radius 1 is 1.50 bits per heavy atom. The summed E-state index contributed by atoms with van der Waals surface area (Å²) in [6, 6.07) is 7.40. The van der Waals surface area contributed by atoms with Crippen LogP contribution in [0.2, 0.25) is 0 Å². The molecule has 0 saturated carbocycles. The largest absolute Gasteiger partial charge is 0.490 e. The van der Waals surface area contributed by atoms with E-state index in [9.17, 15) is 4.79 Å². The Labute approximate surface area is 123 Å². The maximum absolute atomic E-state index is 11.3. The topological polar surface area (TPSA) is 77.5 Å². The number of rotatable bonds is 5. The van der Waals surface area contributed by atoms with Crippen molar-refractivity contribution < 1.29 is 13.9 Å². The minimum absolute atomic E-state index is 0. The van der Waals surface area contributed by atoms with Gasteiger partial charge in [0.15, 0.2) is 11.3 Å². The van der Waals surface area contributed by atoms with Gasteiger partial charge in [0, 0.05) is 5.39 Å². The molecule has 20 heavy (non-hydrogen) atoms. The average molecular weight is 299 g/mol. The van der Waals surface area contributed by atoms with Crippen molar-refractivity contribution in [3.8, 4) is 5.75 Å². The Kier molecular flexibility index (Phi) is 5.85. The molecule has 2 aromatic rings. The SMILES string of the molecule is CCOc1cccc2cc(C(C)NC(=O)CN)oc12.Cl. The fraction of sp³-hybridized carbons (Fsp3) is 0.357. The molecule has 1 aromatic heterocycles. The summed E-state index contributed by atoms with van der Waals surface area (Å²) in [6.07, 6.45) is 0. The number of carbonyl (C=O) groups is 1. The van der Waals surface area contributed by atoms with Gasteiger partial charge in [-0.25, -0.2) is 0 Å². The Balaban J connectivity index is 0.00000200. The van der Waals surface area contributed by atoms with Crippen molar-refractivity contribution in [1.82, 2.24) is 5.32 Å². The highest BCUT2D eigenvalue weighted by Crippen LogP contribution is 2.31. The predicted molar refractivity (Wildman–Crippen MR) is 80.2 cm³/mol. The van der Waals surface area contributed by atoms with E-state index in [0.29, 0.717) is 23.7 Å². The van der Waals surface area contributed by atoms with Crippen LogP contribution in [0.3, 0.4) is 0 Å². The van der Waals surface area contributed by atoms with Crippen LogP contribution in [0.15, 0.2) is 28.7 Å². The molecular weight excluding hydrogens is 280 g/mol. The van der Waals surface area contributed by atoms with Gasteiger partial charge in [-0.1, -0.05) is 12.1 Å². The van der Waals surface area contributed by atoms with Gasteiger partial charge in [0.25, 0.3) is 0 Å². The highest BCUT2D eigenvalue weighted by molar-refractivity contribution is 5.85. The molecule has 0 spiro atoms. The predicted octanol–water partition coefficient (Wildman–Crippen LogP) is 2.39. The van der Waals surface area contributed by atoms with Gasteiger partial charge in [-0.2, -0.15) is 0 Å². The number of nitrogens with one attached hydrogen (secondary N) is 1. The molecular formula is C14H19ClN2O3. The summed E-state index contributed by atoms with van der Waals surface area (Å²) in [7, 11) is 0. The van der Waals surface area contributed by atoms with Gasteiger partial charge in [-0.15, -0.1) is 12.4 Å². The van der Waals surface area contributed by atoms with E-state index in [-0.39, 0.29) is 30.9 Å². The van der Waals surface area contributed by atoms with E-state index in [0.717, 1.165) is 5.39 Å².